The van der Waals surface area contributed by atoms with Crippen LogP contribution in [0.15, 0.2) is 29.2 Å². The van der Waals surface area contributed by atoms with E-state index in [2.05, 4.69) is 38.2 Å². The van der Waals surface area contributed by atoms with Crippen molar-refractivity contribution in [1.29, 1.82) is 0 Å². The molecule has 1 aliphatic carbocycles. The molecule has 1 aromatic rings. The summed E-state index contributed by atoms with van der Waals surface area (Å²) in [5, 5.41) is 5.14. The topological polar surface area (TPSA) is 12.0 Å². The highest BCUT2D eigenvalue weighted by Crippen LogP contribution is 2.43. The first-order valence-electron chi connectivity index (χ1n) is 7.16. The zero-order valence-electron chi connectivity index (χ0n) is 12.1. The first kappa shape index (κ1) is 15.2. The maximum atomic E-state index is 6.30. The average Bonchev–Trinajstić information content (AvgIpc) is 2.35. The summed E-state index contributed by atoms with van der Waals surface area (Å²) in [6, 6.07) is 8.81. The Morgan fingerprint density at radius 3 is 2.79 bits per heavy atom. The highest BCUT2D eigenvalue weighted by Gasteiger charge is 2.35. The molecule has 0 radical (unpaired) electrons. The minimum Gasteiger partial charge on any atom is -0.313 e. The molecule has 1 aromatic carbocycles. The second-order valence-corrected chi connectivity index (χ2v) is 7.85. The summed E-state index contributed by atoms with van der Waals surface area (Å²) in [5.74, 6) is 0. The molecule has 0 aliphatic heterocycles. The average molecular weight is 298 g/mol. The predicted molar refractivity (Wildman–Crippen MR) is 86.2 cm³/mol. The minimum absolute atomic E-state index is 0.449. The largest absolute Gasteiger partial charge is 0.313 e. The van der Waals surface area contributed by atoms with Crippen molar-refractivity contribution in [2.75, 3.05) is 6.54 Å². The number of benzene rings is 1. The molecule has 1 fully saturated rings. The number of hydrogen-bond acceptors (Lipinski definition) is 2. The van der Waals surface area contributed by atoms with Crippen molar-refractivity contribution in [3.05, 3.63) is 29.3 Å². The van der Waals surface area contributed by atoms with Crippen molar-refractivity contribution in [3.63, 3.8) is 0 Å². The Balaban J connectivity index is 2.11. The van der Waals surface area contributed by atoms with E-state index in [9.17, 15) is 0 Å². The van der Waals surface area contributed by atoms with E-state index in [4.69, 9.17) is 11.6 Å². The molecule has 0 aromatic heterocycles. The van der Waals surface area contributed by atoms with Crippen molar-refractivity contribution < 1.29 is 0 Å². The third-order valence-electron chi connectivity index (χ3n) is 3.92. The van der Waals surface area contributed by atoms with E-state index < -0.39 is 0 Å². The van der Waals surface area contributed by atoms with Crippen LogP contribution in [-0.4, -0.2) is 17.8 Å². The summed E-state index contributed by atoms with van der Waals surface area (Å²) in [7, 11) is 0. The van der Waals surface area contributed by atoms with Crippen molar-refractivity contribution in [2.24, 2.45) is 5.41 Å². The minimum atomic E-state index is 0.449. The third kappa shape index (κ3) is 4.14. The molecule has 2 unspecified atom stereocenters. The van der Waals surface area contributed by atoms with Gasteiger partial charge in [0.25, 0.3) is 0 Å². The maximum absolute atomic E-state index is 6.30. The van der Waals surface area contributed by atoms with Crippen LogP contribution in [0.5, 0.6) is 0 Å². The SMILES string of the molecule is CCNC1CCC(C)(C)CC1Sc1ccccc1Cl. The molecule has 0 bridgehead atoms. The lowest BCUT2D eigenvalue weighted by Crippen LogP contribution is -2.44. The molecular formula is C16H24ClNS. The quantitative estimate of drug-likeness (QED) is 0.840. The van der Waals surface area contributed by atoms with Crippen LogP contribution in [0.25, 0.3) is 0 Å². The fourth-order valence-electron chi connectivity index (χ4n) is 2.84. The van der Waals surface area contributed by atoms with Gasteiger partial charge in [-0.1, -0.05) is 44.5 Å². The molecule has 0 spiro atoms. The zero-order valence-corrected chi connectivity index (χ0v) is 13.7. The van der Waals surface area contributed by atoms with Gasteiger partial charge in [-0.25, -0.2) is 0 Å². The van der Waals surface area contributed by atoms with Crippen LogP contribution in [0.3, 0.4) is 0 Å². The molecule has 1 saturated carbocycles. The van der Waals surface area contributed by atoms with Crippen LogP contribution in [0.1, 0.15) is 40.0 Å². The van der Waals surface area contributed by atoms with E-state index >= 15 is 0 Å². The molecule has 19 heavy (non-hydrogen) atoms. The van der Waals surface area contributed by atoms with Crippen molar-refractivity contribution in [3.8, 4) is 0 Å². The third-order valence-corrected chi connectivity index (χ3v) is 5.77. The van der Waals surface area contributed by atoms with Gasteiger partial charge < -0.3 is 5.32 Å². The predicted octanol–water partition coefficient (Wildman–Crippen LogP) is 4.99. The molecule has 2 rings (SSSR count). The molecule has 2 atom stereocenters. The number of halogens is 1. The van der Waals surface area contributed by atoms with E-state index in [1.54, 1.807) is 0 Å². The number of rotatable bonds is 4. The first-order valence-corrected chi connectivity index (χ1v) is 8.42. The highest BCUT2D eigenvalue weighted by molar-refractivity contribution is 8.00. The van der Waals surface area contributed by atoms with E-state index in [1.807, 2.05) is 23.9 Å². The Morgan fingerprint density at radius 1 is 1.37 bits per heavy atom. The lowest BCUT2D eigenvalue weighted by Gasteiger charge is -2.41. The van der Waals surface area contributed by atoms with Gasteiger partial charge in [-0.05, 0) is 43.4 Å². The smallest absolute Gasteiger partial charge is 0.0541 e. The van der Waals surface area contributed by atoms with Crippen LogP contribution in [0.2, 0.25) is 5.02 Å². The van der Waals surface area contributed by atoms with Gasteiger partial charge in [-0.2, -0.15) is 0 Å². The van der Waals surface area contributed by atoms with Gasteiger partial charge in [0.05, 0.1) is 5.02 Å². The molecular weight excluding hydrogens is 274 g/mol. The lowest BCUT2D eigenvalue weighted by atomic mass is 9.75. The zero-order chi connectivity index (χ0) is 13.9. The molecule has 3 heteroatoms. The molecule has 1 N–H and O–H groups in total. The van der Waals surface area contributed by atoms with Gasteiger partial charge in [-0.3, -0.25) is 0 Å². The number of nitrogens with one attached hydrogen (secondary N) is 1. The Labute approximate surface area is 126 Å². The second kappa shape index (κ2) is 6.51. The lowest BCUT2D eigenvalue weighted by molar-refractivity contribution is 0.215. The summed E-state index contributed by atoms with van der Waals surface area (Å²) in [5.41, 5.74) is 0.449. The summed E-state index contributed by atoms with van der Waals surface area (Å²) in [6.07, 6.45) is 3.83. The summed E-state index contributed by atoms with van der Waals surface area (Å²) in [4.78, 5) is 1.22. The number of hydrogen-bond donors (Lipinski definition) is 1. The van der Waals surface area contributed by atoms with E-state index in [1.165, 1.54) is 24.2 Å². The standard InChI is InChI=1S/C16H24ClNS/c1-4-18-13-9-10-16(2,3)11-15(13)19-14-8-6-5-7-12(14)17/h5-8,13,15,18H,4,9-11H2,1-3H3. The molecule has 106 valence electrons. The van der Waals surface area contributed by atoms with Gasteiger partial charge in [-0.15, -0.1) is 11.8 Å². The molecule has 0 heterocycles. The monoisotopic (exact) mass is 297 g/mol. The fraction of sp³-hybridized carbons (Fsp3) is 0.625. The second-order valence-electron chi connectivity index (χ2n) is 6.16. The summed E-state index contributed by atoms with van der Waals surface area (Å²) >= 11 is 8.25. The molecule has 1 nitrogen and oxygen atoms in total. The van der Waals surface area contributed by atoms with Crippen LogP contribution in [0, 0.1) is 5.41 Å². The first-order chi connectivity index (χ1) is 9.02. The Kier molecular flexibility index (Phi) is 5.22. The summed E-state index contributed by atoms with van der Waals surface area (Å²) in [6.45, 7) is 8.01. The van der Waals surface area contributed by atoms with Crippen LogP contribution in [-0.2, 0) is 0 Å². The van der Waals surface area contributed by atoms with Crippen molar-refractivity contribution in [1.82, 2.24) is 5.32 Å². The molecule has 0 amide bonds. The van der Waals surface area contributed by atoms with Crippen LogP contribution in [0.4, 0.5) is 0 Å². The van der Waals surface area contributed by atoms with Crippen LogP contribution >= 0.6 is 23.4 Å². The molecule has 0 saturated heterocycles. The van der Waals surface area contributed by atoms with Gasteiger partial charge in [0.15, 0.2) is 0 Å². The van der Waals surface area contributed by atoms with E-state index in [-0.39, 0.29) is 0 Å². The normalized spacial score (nSPS) is 26.3. The van der Waals surface area contributed by atoms with Gasteiger partial charge in [0.2, 0.25) is 0 Å². The van der Waals surface area contributed by atoms with Gasteiger partial charge >= 0.3 is 0 Å². The van der Waals surface area contributed by atoms with Crippen molar-refractivity contribution in [2.45, 2.75) is 56.2 Å². The Bertz CT molecular complexity index is 419. The highest BCUT2D eigenvalue weighted by atomic mass is 35.5. The molecule has 1 aliphatic rings. The maximum Gasteiger partial charge on any atom is 0.0541 e. The Hall–Kier alpha value is -0.180. The van der Waals surface area contributed by atoms with E-state index in [0.29, 0.717) is 16.7 Å². The van der Waals surface area contributed by atoms with Gasteiger partial charge in [0.1, 0.15) is 0 Å². The fourth-order valence-corrected chi connectivity index (χ4v) is 4.71. The van der Waals surface area contributed by atoms with E-state index in [0.717, 1.165) is 11.6 Å². The Morgan fingerprint density at radius 2 is 2.11 bits per heavy atom. The van der Waals surface area contributed by atoms with Crippen molar-refractivity contribution >= 4 is 23.4 Å². The van der Waals surface area contributed by atoms with Gasteiger partial charge in [0, 0.05) is 16.2 Å². The summed E-state index contributed by atoms with van der Waals surface area (Å²) < 4.78 is 0. The number of thioether (sulfide) groups is 1. The van der Waals surface area contributed by atoms with Crippen LogP contribution < -0.4 is 5.32 Å².